The molecule has 0 saturated carbocycles. The summed E-state index contributed by atoms with van der Waals surface area (Å²) in [5.41, 5.74) is 6.75. The number of aliphatic hydroxyl groups is 1. The average Bonchev–Trinajstić information content (AvgIpc) is 3.21. The van der Waals surface area contributed by atoms with E-state index >= 15 is 0 Å². The molecule has 0 unspecified atom stereocenters. The molecule has 0 fully saturated rings. The first kappa shape index (κ1) is 23.1. The van der Waals surface area contributed by atoms with Crippen LogP contribution in [-0.2, 0) is 33.1 Å². The Kier molecular flexibility index (Phi) is 5.65. The van der Waals surface area contributed by atoms with Gasteiger partial charge in [-0.2, -0.15) is 0 Å². The second-order valence-electron chi connectivity index (χ2n) is 8.78. The van der Waals surface area contributed by atoms with Crippen molar-refractivity contribution < 1.29 is 23.9 Å². The Balaban J connectivity index is 1.74. The van der Waals surface area contributed by atoms with Crippen LogP contribution in [0.15, 0.2) is 28.1 Å². The number of ether oxygens (including phenoxy) is 1. The van der Waals surface area contributed by atoms with E-state index in [-0.39, 0.29) is 36.3 Å². The number of rotatable bonds is 6. The number of nitrogens with two attached hydrogens (primary N) is 1. The quantitative estimate of drug-likeness (QED) is 0.187. The first-order valence-corrected chi connectivity index (χ1v) is 11.5. The molecule has 9 nitrogen and oxygen atoms in total. The van der Waals surface area contributed by atoms with Gasteiger partial charge in [0, 0.05) is 28.1 Å². The normalized spacial score (nSPS) is 18.5. The van der Waals surface area contributed by atoms with E-state index in [1.165, 1.54) is 10.6 Å². The van der Waals surface area contributed by atoms with Crippen molar-refractivity contribution in [1.29, 1.82) is 0 Å². The number of oxime groups is 1. The van der Waals surface area contributed by atoms with Crippen LogP contribution in [0.1, 0.15) is 47.6 Å². The monoisotopic (exact) mass is 480 g/mol. The number of hydrogen-bond acceptors (Lipinski definition) is 8. The predicted molar refractivity (Wildman–Crippen MR) is 126 cm³/mol. The lowest BCUT2D eigenvalue weighted by molar-refractivity contribution is -0.172. The van der Waals surface area contributed by atoms with Crippen molar-refractivity contribution in [2.45, 2.75) is 45.4 Å². The third kappa shape index (κ3) is 3.52. The summed E-state index contributed by atoms with van der Waals surface area (Å²) in [5.74, 6) is -1.20. The molecule has 0 saturated heterocycles. The van der Waals surface area contributed by atoms with Crippen molar-refractivity contribution in [3.05, 3.63) is 62.2 Å². The van der Waals surface area contributed by atoms with Crippen molar-refractivity contribution in [1.82, 2.24) is 9.55 Å². The van der Waals surface area contributed by atoms with E-state index in [0.717, 1.165) is 0 Å². The van der Waals surface area contributed by atoms with Crippen LogP contribution < -0.4 is 11.3 Å². The number of fused-ring (bicyclic) bond motifs is 5. The topological polar surface area (TPSA) is 129 Å². The van der Waals surface area contributed by atoms with Crippen molar-refractivity contribution >= 4 is 23.1 Å². The maximum atomic E-state index is 14.4. The third-order valence-corrected chi connectivity index (χ3v) is 6.71. The number of carbonyl (C=O) groups excluding carboxylic acids is 1. The molecule has 0 bridgehead atoms. The highest BCUT2D eigenvalue weighted by molar-refractivity contribution is 6.02. The number of benzene rings is 1. The van der Waals surface area contributed by atoms with Gasteiger partial charge in [0.05, 0.1) is 35.2 Å². The summed E-state index contributed by atoms with van der Waals surface area (Å²) in [6.07, 6.45) is 2.23. The van der Waals surface area contributed by atoms with E-state index in [0.29, 0.717) is 58.6 Å². The van der Waals surface area contributed by atoms with Gasteiger partial charge < -0.3 is 25.0 Å². The van der Waals surface area contributed by atoms with E-state index in [1.807, 2.05) is 0 Å². The average molecular weight is 480 g/mol. The minimum atomic E-state index is -1.92. The molecule has 1 atom stereocenters. The van der Waals surface area contributed by atoms with Crippen LogP contribution in [-0.4, -0.2) is 40.0 Å². The van der Waals surface area contributed by atoms with E-state index in [2.05, 4.69) is 10.1 Å². The lowest BCUT2D eigenvalue weighted by atomic mass is 9.86. The number of aromatic nitrogens is 2. The van der Waals surface area contributed by atoms with Crippen LogP contribution in [0.5, 0.6) is 0 Å². The Bertz CT molecular complexity index is 1460. The number of carbonyl (C=O) groups is 1. The molecule has 182 valence electrons. The van der Waals surface area contributed by atoms with Gasteiger partial charge in [0.2, 0.25) is 0 Å². The fourth-order valence-corrected chi connectivity index (χ4v) is 4.68. The number of pyridine rings is 2. The summed E-state index contributed by atoms with van der Waals surface area (Å²) in [5, 5.41) is 15.8. The van der Waals surface area contributed by atoms with Crippen LogP contribution in [0.3, 0.4) is 0 Å². The molecule has 0 radical (unpaired) electrons. The first-order chi connectivity index (χ1) is 16.8. The number of nitrogens with zero attached hydrogens (tertiary/aromatic N) is 3. The summed E-state index contributed by atoms with van der Waals surface area (Å²) in [6, 6.07) is 4.66. The molecule has 5 rings (SSSR count). The summed E-state index contributed by atoms with van der Waals surface area (Å²) in [4.78, 5) is 35.8. The summed E-state index contributed by atoms with van der Waals surface area (Å²) in [6.45, 7) is 4.11. The molecular formula is C25H25FN4O5. The summed E-state index contributed by atoms with van der Waals surface area (Å²) < 4.78 is 21.1. The van der Waals surface area contributed by atoms with Crippen LogP contribution >= 0.6 is 0 Å². The van der Waals surface area contributed by atoms with E-state index in [9.17, 15) is 19.1 Å². The van der Waals surface area contributed by atoms with Gasteiger partial charge in [0.1, 0.15) is 19.0 Å². The number of hydrogen-bond donors (Lipinski definition) is 2. The Labute approximate surface area is 200 Å². The molecule has 0 amide bonds. The molecule has 10 heteroatoms. The van der Waals surface area contributed by atoms with Gasteiger partial charge in [-0.25, -0.2) is 14.2 Å². The van der Waals surface area contributed by atoms with E-state index in [4.69, 9.17) is 15.3 Å². The highest BCUT2D eigenvalue weighted by Crippen LogP contribution is 2.40. The Morgan fingerprint density at radius 1 is 1.34 bits per heavy atom. The van der Waals surface area contributed by atoms with Crippen LogP contribution in [0.4, 0.5) is 4.39 Å². The van der Waals surface area contributed by atoms with Gasteiger partial charge in [-0.05, 0) is 44.0 Å². The van der Waals surface area contributed by atoms with Gasteiger partial charge in [-0.1, -0.05) is 12.1 Å². The summed E-state index contributed by atoms with van der Waals surface area (Å²) >= 11 is 0. The largest absolute Gasteiger partial charge is 0.458 e. The lowest BCUT2D eigenvalue weighted by Crippen LogP contribution is -2.44. The van der Waals surface area contributed by atoms with Crippen molar-refractivity contribution in [2.24, 2.45) is 10.9 Å². The summed E-state index contributed by atoms with van der Waals surface area (Å²) in [7, 11) is 0. The molecular weight excluding hydrogens is 455 g/mol. The smallest absolute Gasteiger partial charge is 0.343 e. The van der Waals surface area contributed by atoms with Crippen LogP contribution in [0, 0.1) is 12.7 Å². The van der Waals surface area contributed by atoms with Crippen LogP contribution in [0.2, 0.25) is 0 Å². The van der Waals surface area contributed by atoms with Crippen molar-refractivity contribution in [3.8, 4) is 11.4 Å². The number of aryl methyl sites for hydroxylation is 1. The molecule has 4 heterocycles. The molecule has 35 heavy (non-hydrogen) atoms. The van der Waals surface area contributed by atoms with Crippen molar-refractivity contribution in [3.63, 3.8) is 0 Å². The Hall–Kier alpha value is -3.63. The Morgan fingerprint density at radius 2 is 2.14 bits per heavy atom. The fourth-order valence-electron chi connectivity index (χ4n) is 4.68. The number of cyclic esters (lactones) is 1. The number of halogens is 1. The van der Waals surface area contributed by atoms with Gasteiger partial charge in [-0.15, -0.1) is 0 Å². The maximum Gasteiger partial charge on any atom is 0.343 e. The van der Waals surface area contributed by atoms with E-state index < -0.39 is 17.4 Å². The van der Waals surface area contributed by atoms with Gasteiger partial charge >= 0.3 is 5.97 Å². The molecule has 2 aliphatic rings. The van der Waals surface area contributed by atoms with Gasteiger partial charge in [-0.3, -0.25) is 4.79 Å². The molecule has 2 aliphatic heterocycles. The molecule has 0 aliphatic carbocycles. The van der Waals surface area contributed by atoms with Crippen molar-refractivity contribution in [2.75, 3.05) is 13.2 Å². The molecule has 1 aromatic carbocycles. The Morgan fingerprint density at radius 3 is 2.89 bits per heavy atom. The predicted octanol–water partition coefficient (Wildman–Crippen LogP) is 2.23. The zero-order chi connectivity index (χ0) is 24.9. The fraction of sp³-hybridized carbons (Fsp3) is 0.360. The van der Waals surface area contributed by atoms with Gasteiger partial charge in [0.25, 0.3) is 5.56 Å². The first-order valence-electron chi connectivity index (χ1n) is 11.5. The van der Waals surface area contributed by atoms with Gasteiger partial charge in [0.15, 0.2) is 5.60 Å². The zero-order valence-electron chi connectivity index (χ0n) is 19.4. The highest BCUT2D eigenvalue weighted by atomic mass is 19.1. The number of esters is 1. The highest BCUT2D eigenvalue weighted by Gasteiger charge is 2.45. The second-order valence-corrected chi connectivity index (χ2v) is 8.78. The molecule has 0 spiro atoms. The maximum absolute atomic E-state index is 14.4. The zero-order valence-corrected chi connectivity index (χ0v) is 19.4. The standard InChI is InChI=1S/C25H25FN4O5/c1-3-25(33)18-8-21-22-16(11-30(21)23(31)17(18)12-34-24(25)32)15(10-28-35-6-4-5-27)14-7-13(2)19(26)9-20(14)29-22/h7-10,33H,3-6,11-12,27H2,1-2H3/t25-/m0/s1. The minimum Gasteiger partial charge on any atom is -0.458 e. The minimum absolute atomic E-state index is 0.0439. The van der Waals surface area contributed by atoms with E-state index in [1.54, 1.807) is 32.2 Å². The van der Waals surface area contributed by atoms with Crippen LogP contribution in [0.25, 0.3) is 22.3 Å². The lowest BCUT2D eigenvalue weighted by Gasteiger charge is -2.31. The molecule has 2 aromatic heterocycles. The molecule has 3 aromatic rings. The second kappa shape index (κ2) is 8.54. The molecule has 3 N–H and O–H groups in total. The SMILES string of the molecule is CC[C@@]1(O)C(=O)OCc2c1cc1n(c2=O)Cc2c-1nc1cc(F)c(C)cc1c2C=NOCCCN. The third-order valence-electron chi connectivity index (χ3n) is 6.71.